The fraction of sp³-hybridized carbons (Fsp3) is 0.143. The number of halogens is 2. The van der Waals surface area contributed by atoms with Crippen molar-refractivity contribution in [3.63, 3.8) is 0 Å². The van der Waals surface area contributed by atoms with Crippen LogP contribution in [0.25, 0.3) is 0 Å². The third-order valence-corrected chi connectivity index (χ3v) is 4.14. The monoisotopic (exact) mass is 449 g/mol. The number of pyridine rings is 1. The molecule has 0 aliphatic heterocycles. The molecule has 0 atom stereocenters. The van der Waals surface area contributed by atoms with Crippen LogP contribution in [-0.2, 0) is 4.74 Å². The SMILES string of the molecule is CCOC(=O)Nc1cc(N)c(N)c(NC(c2ccccc2)c2ccccc2)n1.Cl.Cl. The lowest BCUT2D eigenvalue weighted by Crippen LogP contribution is -2.18. The van der Waals surface area contributed by atoms with Gasteiger partial charge in [-0.1, -0.05) is 60.7 Å². The van der Waals surface area contributed by atoms with Gasteiger partial charge in [0.15, 0.2) is 5.82 Å². The Morgan fingerprint density at radius 1 is 1.00 bits per heavy atom. The van der Waals surface area contributed by atoms with E-state index < -0.39 is 6.09 Å². The number of anilines is 4. The largest absolute Gasteiger partial charge is 0.450 e. The number of nitrogens with two attached hydrogens (primary N) is 2. The lowest BCUT2D eigenvalue weighted by atomic mass is 9.98. The van der Waals surface area contributed by atoms with E-state index in [0.29, 0.717) is 17.2 Å². The van der Waals surface area contributed by atoms with E-state index in [-0.39, 0.29) is 43.3 Å². The van der Waals surface area contributed by atoms with Gasteiger partial charge >= 0.3 is 6.09 Å². The van der Waals surface area contributed by atoms with Crippen LogP contribution in [0.1, 0.15) is 24.1 Å². The van der Waals surface area contributed by atoms with Crippen molar-refractivity contribution in [1.82, 2.24) is 4.98 Å². The predicted molar refractivity (Wildman–Crippen MR) is 127 cm³/mol. The van der Waals surface area contributed by atoms with E-state index in [9.17, 15) is 4.79 Å². The molecule has 1 amide bonds. The number of benzene rings is 2. The quantitative estimate of drug-likeness (QED) is 0.426. The number of hydrogen-bond donors (Lipinski definition) is 4. The summed E-state index contributed by atoms with van der Waals surface area (Å²) in [6.07, 6.45) is -0.604. The van der Waals surface area contributed by atoms with Gasteiger partial charge in [-0.2, -0.15) is 0 Å². The maximum absolute atomic E-state index is 11.7. The molecule has 0 aliphatic carbocycles. The zero-order valence-corrected chi connectivity index (χ0v) is 18.0. The van der Waals surface area contributed by atoms with E-state index in [0.717, 1.165) is 11.1 Å². The summed E-state index contributed by atoms with van der Waals surface area (Å²) in [4.78, 5) is 16.1. The van der Waals surface area contributed by atoms with Crippen molar-refractivity contribution >= 4 is 53.9 Å². The summed E-state index contributed by atoms with van der Waals surface area (Å²) in [5, 5.41) is 5.91. The Morgan fingerprint density at radius 3 is 2.03 bits per heavy atom. The van der Waals surface area contributed by atoms with Crippen LogP contribution in [0.5, 0.6) is 0 Å². The van der Waals surface area contributed by atoms with Crippen molar-refractivity contribution in [2.24, 2.45) is 0 Å². The van der Waals surface area contributed by atoms with Crippen LogP contribution in [0.3, 0.4) is 0 Å². The minimum absolute atomic E-state index is 0. The molecule has 30 heavy (non-hydrogen) atoms. The first-order chi connectivity index (χ1) is 13.6. The Bertz CT molecular complexity index is 903. The molecule has 0 fully saturated rings. The van der Waals surface area contributed by atoms with Crippen LogP contribution in [0, 0.1) is 0 Å². The zero-order chi connectivity index (χ0) is 19.9. The van der Waals surface area contributed by atoms with Crippen molar-refractivity contribution in [1.29, 1.82) is 0 Å². The summed E-state index contributed by atoms with van der Waals surface area (Å²) in [5.41, 5.74) is 14.9. The van der Waals surface area contributed by atoms with Crippen molar-refractivity contribution < 1.29 is 9.53 Å². The summed E-state index contributed by atoms with van der Waals surface area (Å²) in [6.45, 7) is 1.98. The van der Waals surface area contributed by atoms with Gasteiger partial charge in [0.2, 0.25) is 0 Å². The molecule has 0 radical (unpaired) electrons. The molecule has 3 rings (SSSR count). The molecular formula is C21H25Cl2N5O2. The Morgan fingerprint density at radius 2 is 1.53 bits per heavy atom. The second-order valence-corrected chi connectivity index (χ2v) is 6.10. The van der Waals surface area contributed by atoms with Crippen LogP contribution in [-0.4, -0.2) is 17.7 Å². The van der Waals surface area contributed by atoms with E-state index in [2.05, 4.69) is 15.6 Å². The van der Waals surface area contributed by atoms with E-state index in [4.69, 9.17) is 16.2 Å². The second-order valence-electron chi connectivity index (χ2n) is 6.10. The number of aromatic nitrogens is 1. The standard InChI is InChI=1S/C21H23N5O2.2ClH/c1-2-28-21(27)25-17-13-16(22)18(23)20(24-17)26-19(14-9-5-3-6-10-14)15-11-7-4-8-12-15;;/h3-13,19H,2,23H2,1H3,(H4,22,24,25,26,27);2*1H. The number of rotatable bonds is 6. The number of carbonyl (C=O) groups is 1. The molecule has 1 aromatic heterocycles. The number of carbonyl (C=O) groups excluding carboxylic acids is 1. The summed E-state index contributed by atoms with van der Waals surface area (Å²) in [7, 11) is 0. The van der Waals surface area contributed by atoms with Crippen molar-refractivity contribution in [2.45, 2.75) is 13.0 Å². The van der Waals surface area contributed by atoms with Gasteiger partial charge in [0, 0.05) is 6.07 Å². The number of nitrogen functional groups attached to an aromatic ring is 2. The second kappa shape index (κ2) is 11.7. The van der Waals surface area contributed by atoms with Crippen LogP contribution in [0.2, 0.25) is 0 Å². The van der Waals surface area contributed by atoms with Crippen LogP contribution < -0.4 is 22.1 Å². The highest BCUT2D eigenvalue weighted by molar-refractivity contribution is 5.87. The molecule has 0 saturated carbocycles. The number of amides is 1. The fourth-order valence-electron chi connectivity index (χ4n) is 2.81. The molecule has 0 saturated heterocycles. The normalized spacial score (nSPS) is 9.80. The number of ether oxygens (including phenoxy) is 1. The molecule has 0 spiro atoms. The highest BCUT2D eigenvalue weighted by atomic mass is 35.5. The Labute approximate surface area is 188 Å². The minimum Gasteiger partial charge on any atom is -0.450 e. The highest BCUT2D eigenvalue weighted by Crippen LogP contribution is 2.32. The average molecular weight is 450 g/mol. The van der Waals surface area contributed by atoms with Crippen LogP contribution in [0.4, 0.5) is 27.8 Å². The molecule has 2 aromatic carbocycles. The molecule has 3 aromatic rings. The third-order valence-electron chi connectivity index (χ3n) is 4.14. The Hall–Kier alpha value is -3.16. The van der Waals surface area contributed by atoms with Gasteiger partial charge in [0.05, 0.1) is 24.0 Å². The molecule has 1 heterocycles. The molecule has 0 aliphatic rings. The van der Waals surface area contributed by atoms with E-state index in [1.165, 1.54) is 6.07 Å². The summed E-state index contributed by atoms with van der Waals surface area (Å²) in [6, 6.07) is 21.2. The average Bonchev–Trinajstić information content (AvgIpc) is 2.71. The van der Waals surface area contributed by atoms with Crippen molar-refractivity contribution in [3.05, 3.63) is 77.9 Å². The van der Waals surface area contributed by atoms with Crippen LogP contribution >= 0.6 is 24.8 Å². The van der Waals surface area contributed by atoms with Gasteiger partial charge in [0.25, 0.3) is 0 Å². The molecule has 9 heteroatoms. The highest BCUT2D eigenvalue weighted by Gasteiger charge is 2.18. The zero-order valence-electron chi connectivity index (χ0n) is 16.4. The fourth-order valence-corrected chi connectivity index (χ4v) is 2.81. The Balaban J connectivity index is 0.00000225. The maximum Gasteiger partial charge on any atom is 0.412 e. The van der Waals surface area contributed by atoms with E-state index >= 15 is 0 Å². The molecule has 0 bridgehead atoms. The molecule has 160 valence electrons. The maximum atomic E-state index is 11.7. The summed E-state index contributed by atoms with van der Waals surface area (Å²) < 4.78 is 4.89. The van der Waals surface area contributed by atoms with Crippen LogP contribution in [0.15, 0.2) is 66.7 Å². The van der Waals surface area contributed by atoms with Crippen molar-refractivity contribution in [2.75, 3.05) is 28.7 Å². The smallest absolute Gasteiger partial charge is 0.412 e. The topological polar surface area (TPSA) is 115 Å². The molecule has 6 N–H and O–H groups in total. The lowest BCUT2D eigenvalue weighted by Gasteiger charge is -2.22. The van der Waals surface area contributed by atoms with Gasteiger partial charge in [-0.05, 0) is 18.1 Å². The van der Waals surface area contributed by atoms with Gasteiger partial charge in [-0.3, -0.25) is 5.32 Å². The van der Waals surface area contributed by atoms with Gasteiger partial charge in [-0.25, -0.2) is 9.78 Å². The number of hydrogen-bond acceptors (Lipinski definition) is 6. The first kappa shape index (κ1) is 24.9. The lowest BCUT2D eigenvalue weighted by molar-refractivity contribution is 0.168. The first-order valence-corrected chi connectivity index (χ1v) is 8.94. The minimum atomic E-state index is -0.604. The number of nitrogens with one attached hydrogen (secondary N) is 2. The summed E-state index contributed by atoms with van der Waals surface area (Å²) in [5.74, 6) is 0.636. The van der Waals surface area contributed by atoms with Gasteiger partial charge < -0.3 is 21.5 Å². The first-order valence-electron chi connectivity index (χ1n) is 8.94. The molecular weight excluding hydrogens is 425 g/mol. The number of nitrogens with zero attached hydrogens (tertiary/aromatic N) is 1. The summed E-state index contributed by atoms with van der Waals surface area (Å²) >= 11 is 0. The molecule has 0 unspecified atom stereocenters. The Kier molecular flexibility index (Phi) is 9.74. The van der Waals surface area contributed by atoms with E-state index in [1.807, 2.05) is 60.7 Å². The predicted octanol–water partition coefficient (Wildman–Crippen LogP) is 4.86. The van der Waals surface area contributed by atoms with Gasteiger partial charge in [0.1, 0.15) is 5.82 Å². The third kappa shape index (κ3) is 6.17. The van der Waals surface area contributed by atoms with Gasteiger partial charge in [-0.15, -0.1) is 24.8 Å². The molecule has 7 nitrogen and oxygen atoms in total. The van der Waals surface area contributed by atoms with Crippen molar-refractivity contribution in [3.8, 4) is 0 Å². The van der Waals surface area contributed by atoms with E-state index in [1.54, 1.807) is 6.92 Å².